The van der Waals surface area contributed by atoms with Gasteiger partial charge in [0.1, 0.15) is 0 Å². The Kier molecular flexibility index (Phi) is 4.34. The van der Waals surface area contributed by atoms with Gasteiger partial charge in [-0.3, -0.25) is 0 Å². The lowest BCUT2D eigenvalue weighted by Gasteiger charge is -2.13. The fourth-order valence-electron chi connectivity index (χ4n) is 1.91. The second kappa shape index (κ2) is 5.81. The van der Waals surface area contributed by atoms with Crippen molar-refractivity contribution in [1.29, 1.82) is 0 Å². The van der Waals surface area contributed by atoms with Crippen LogP contribution in [0.4, 0.5) is 11.6 Å². The fourth-order valence-corrected chi connectivity index (χ4v) is 2.42. The number of hydrogen-bond donors (Lipinski definition) is 1. The molecule has 0 aliphatic rings. The Balaban J connectivity index is 2.08. The molecule has 1 aromatic carbocycles. The van der Waals surface area contributed by atoms with Crippen LogP contribution >= 0.6 is 22.6 Å². The maximum absolute atomic E-state index is 4.41. The number of rotatable bonds is 4. The number of hydrogen-bond acceptors (Lipinski definition) is 3. The van der Waals surface area contributed by atoms with Gasteiger partial charge in [-0.05, 0) is 47.2 Å². The highest BCUT2D eigenvalue weighted by Crippen LogP contribution is 2.18. The number of nitrogens with zero attached hydrogens (tertiary/aromatic N) is 3. The summed E-state index contributed by atoms with van der Waals surface area (Å²) in [6.45, 7) is 2.90. The van der Waals surface area contributed by atoms with Gasteiger partial charge in [0.15, 0.2) is 0 Å². The number of nitrogens with one attached hydrogen (secondary N) is 1. The van der Waals surface area contributed by atoms with Gasteiger partial charge in [0.05, 0.1) is 18.4 Å². The van der Waals surface area contributed by atoms with Crippen LogP contribution in [0.25, 0.3) is 0 Å². The SMILES string of the molecule is Cc1ccc(NCc2cnc(N(C)C)n2C)cc1I. The smallest absolute Gasteiger partial charge is 0.204 e. The van der Waals surface area contributed by atoms with E-state index < -0.39 is 0 Å². The van der Waals surface area contributed by atoms with Crippen LogP contribution in [0.15, 0.2) is 24.4 Å². The van der Waals surface area contributed by atoms with Gasteiger partial charge in [0, 0.05) is 30.4 Å². The predicted molar refractivity (Wildman–Crippen MR) is 88.8 cm³/mol. The molecule has 1 aromatic heterocycles. The summed E-state index contributed by atoms with van der Waals surface area (Å²) in [7, 11) is 6.04. The van der Waals surface area contributed by atoms with E-state index in [1.54, 1.807) is 0 Å². The number of aryl methyl sites for hydroxylation is 1. The molecule has 19 heavy (non-hydrogen) atoms. The molecule has 0 spiro atoms. The summed E-state index contributed by atoms with van der Waals surface area (Å²) < 4.78 is 3.38. The molecule has 2 aromatic rings. The third kappa shape index (κ3) is 3.20. The highest BCUT2D eigenvalue weighted by atomic mass is 127. The normalized spacial score (nSPS) is 10.6. The lowest BCUT2D eigenvalue weighted by molar-refractivity contribution is 0.814. The van der Waals surface area contributed by atoms with Gasteiger partial charge >= 0.3 is 0 Å². The minimum Gasteiger partial charge on any atom is -0.379 e. The lowest BCUT2D eigenvalue weighted by Crippen LogP contribution is -2.15. The molecule has 4 nitrogen and oxygen atoms in total. The predicted octanol–water partition coefficient (Wildman–Crippen LogP) is 3.01. The maximum Gasteiger partial charge on any atom is 0.204 e. The van der Waals surface area contributed by atoms with Crippen molar-refractivity contribution in [1.82, 2.24) is 9.55 Å². The molecule has 0 saturated carbocycles. The van der Waals surface area contributed by atoms with E-state index in [4.69, 9.17) is 0 Å². The van der Waals surface area contributed by atoms with Crippen molar-refractivity contribution in [3.63, 3.8) is 0 Å². The fraction of sp³-hybridized carbons (Fsp3) is 0.357. The molecule has 0 unspecified atom stereocenters. The van der Waals surface area contributed by atoms with E-state index in [9.17, 15) is 0 Å². The van der Waals surface area contributed by atoms with E-state index in [1.165, 1.54) is 14.8 Å². The van der Waals surface area contributed by atoms with Crippen LogP contribution < -0.4 is 10.2 Å². The molecule has 0 amide bonds. The second-order valence-electron chi connectivity index (χ2n) is 4.82. The van der Waals surface area contributed by atoms with E-state index in [2.05, 4.69) is 62.6 Å². The van der Waals surface area contributed by atoms with Gasteiger partial charge in [-0.1, -0.05) is 6.07 Å². The zero-order chi connectivity index (χ0) is 14.0. The summed E-state index contributed by atoms with van der Waals surface area (Å²) in [5.41, 5.74) is 3.61. The van der Waals surface area contributed by atoms with Crippen LogP contribution in [0.1, 0.15) is 11.3 Å². The maximum atomic E-state index is 4.41. The minimum atomic E-state index is 0.774. The summed E-state index contributed by atoms with van der Waals surface area (Å²) in [5, 5.41) is 3.44. The van der Waals surface area contributed by atoms with Crippen molar-refractivity contribution in [3.8, 4) is 0 Å². The zero-order valence-electron chi connectivity index (χ0n) is 11.7. The monoisotopic (exact) mass is 370 g/mol. The van der Waals surface area contributed by atoms with Crippen molar-refractivity contribution in [2.45, 2.75) is 13.5 Å². The first kappa shape index (κ1) is 14.2. The van der Waals surface area contributed by atoms with Gasteiger partial charge in [-0.25, -0.2) is 4.98 Å². The minimum absolute atomic E-state index is 0.774. The van der Waals surface area contributed by atoms with Gasteiger partial charge in [0.2, 0.25) is 5.95 Å². The van der Waals surface area contributed by atoms with Crippen molar-refractivity contribution < 1.29 is 0 Å². The highest BCUT2D eigenvalue weighted by molar-refractivity contribution is 14.1. The molecule has 0 aliphatic carbocycles. The van der Waals surface area contributed by atoms with E-state index in [0.29, 0.717) is 0 Å². The van der Waals surface area contributed by atoms with E-state index in [-0.39, 0.29) is 0 Å². The average Bonchev–Trinajstić information content (AvgIpc) is 2.72. The summed E-state index contributed by atoms with van der Waals surface area (Å²) in [6.07, 6.45) is 1.92. The van der Waals surface area contributed by atoms with Crippen LogP contribution in [0.2, 0.25) is 0 Å². The zero-order valence-corrected chi connectivity index (χ0v) is 13.9. The molecule has 0 fully saturated rings. The Bertz CT molecular complexity index is 575. The summed E-state index contributed by atoms with van der Waals surface area (Å²) in [6, 6.07) is 6.42. The van der Waals surface area contributed by atoms with Crippen LogP contribution in [0.3, 0.4) is 0 Å². The third-order valence-corrected chi connectivity index (χ3v) is 4.27. The Labute approximate surface area is 128 Å². The number of aromatic nitrogens is 2. The van der Waals surface area contributed by atoms with E-state index in [0.717, 1.165) is 18.2 Å². The molecule has 0 atom stereocenters. The Hall–Kier alpha value is -1.24. The van der Waals surface area contributed by atoms with Crippen LogP contribution in [-0.4, -0.2) is 23.6 Å². The Morgan fingerprint density at radius 2 is 2.11 bits per heavy atom. The number of imidazole rings is 1. The van der Waals surface area contributed by atoms with Crippen molar-refractivity contribution in [2.24, 2.45) is 7.05 Å². The molecule has 0 radical (unpaired) electrons. The summed E-state index contributed by atoms with van der Waals surface area (Å²) >= 11 is 2.36. The van der Waals surface area contributed by atoms with Crippen molar-refractivity contribution in [2.75, 3.05) is 24.3 Å². The second-order valence-corrected chi connectivity index (χ2v) is 5.98. The molecule has 102 valence electrons. The molecule has 1 heterocycles. The number of halogens is 1. The van der Waals surface area contributed by atoms with Gasteiger partial charge in [-0.15, -0.1) is 0 Å². The van der Waals surface area contributed by atoms with Crippen LogP contribution in [0, 0.1) is 10.5 Å². The highest BCUT2D eigenvalue weighted by Gasteiger charge is 2.07. The molecule has 0 bridgehead atoms. The van der Waals surface area contributed by atoms with Gasteiger partial charge < -0.3 is 14.8 Å². The number of anilines is 2. The summed E-state index contributed by atoms with van der Waals surface area (Å²) in [5.74, 6) is 0.968. The lowest BCUT2D eigenvalue weighted by atomic mass is 10.2. The van der Waals surface area contributed by atoms with Crippen LogP contribution in [0.5, 0.6) is 0 Å². The number of benzene rings is 1. The Morgan fingerprint density at radius 1 is 1.37 bits per heavy atom. The standard InChI is InChI=1S/C14H19IN4/c1-10-5-6-11(7-13(10)15)16-8-12-9-17-14(18(2)3)19(12)4/h5-7,9,16H,8H2,1-4H3. The first-order valence-corrected chi connectivity index (χ1v) is 7.25. The Morgan fingerprint density at radius 3 is 2.68 bits per heavy atom. The van der Waals surface area contributed by atoms with Crippen LogP contribution in [-0.2, 0) is 13.6 Å². The topological polar surface area (TPSA) is 33.1 Å². The largest absolute Gasteiger partial charge is 0.379 e. The van der Waals surface area contributed by atoms with E-state index in [1.807, 2.05) is 32.2 Å². The molecule has 1 N–H and O–H groups in total. The molecular formula is C14H19IN4. The van der Waals surface area contributed by atoms with Crippen molar-refractivity contribution in [3.05, 3.63) is 39.2 Å². The first-order chi connectivity index (χ1) is 8.99. The van der Waals surface area contributed by atoms with Gasteiger partial charge in [0.25, 0.3) is 0 Å². The molecule has 0 saturated heterocycles. The van der Waals surface area contributed by atoms with Crippen molar-refractivity contribution >= 4 is 34.2 Å². The van der Waals surface area contributed by atoms with Gasteiger partial charge in [-0.2, -0.15) is 0 Å². The molecule has 2 rings (SSSR count). The molecular weight excluding hydrogens is 351 g/mol. The summed E-state index contributed by atoms with van der Waals surface area (Å²) in [4.78, 5) is 6.42. The first-order valence-electron chi connectivity index (χ1n) is 6.17. The molecule has 5 heteroatoms. The quantitative estimate of drug-likeness (QED) is 0.840. The average molecular weight is 370 g/mol. The van der Waals surface area contributed by atoms with E-state index >= 15 is 0 Å². The molecule has 0 aliphatic heterocycles. The third-order valence-electron chi connectivity index (χ3n) is 3.11.